The normalized spacial score (nSPS) is 10.9. The van der Waals surface area contributed by atoms with Gasteiger partial charge in [0, 0.05) is 25.8 Å². The van der Waals surface area contributed by atoms with Gasteiger partial charge in [-0.25, -0.2) is 8.42 Å². The Bertz CT molecular complexity index is 603. The van der Waals surface area contributed by atoms with Crippen LogP contribution in [0.5, 0.6) is 0 Å². The van der Waals surface area contributed by atoms with Gasteiger partial charge in [0.15, 0.2) is 9.84 Å². The summed E-state index contributed by atoms with van der Waals surface area (Å²) < 4.78 is 28.1. The molecule has 1 rings (SSSR count). The van der Waals surface area contributed by atoms with Crippen LogP contribution in [0.25, 0.3) is 0 Å². The van der Waals surface area contributed by atoms with Gasteiger partial charge in [0.05, 0.1) is 23.1 Å². The second kappa shape index (κ2) is 8.39. The Kier molecular flexibility index (Phi) is 6.85. The van der Waals surface area contributed by atoms with Gasteiger partial charge in [-0.15, -0.1) is 0 Å². The maximum absolute atomic E-state index is 11.7. The maximum Gasteiger partial charge on any atom is 0.225 e. The lowest BCUT2D eigenvalue weighted by atomic mass is 10.2. The van der Waals surface area contributed by atoms with E-state index in [1.165, 1.54) is 7.11 Å². The number of benzene rings is 1. The number of methoxy groups -OCH3 is 1. The number of ether oxygens (including phenoxy) is 1. The number of anilines is 1. The summed E-state index contributed by atoms with van der Waals surface area (Å²) >= 11 is 0. The van der Waals surface area contributed by atoms with Crippen molar-refractivity contribution in [2.24, 2.45) is 0 Å². The molecule has 0 radical (unpaired) electrons. The van der Waals surface area contributed by atoms with E-state index in [1.54, 1.807) is 24.3 Å². The highest BCUT2D eigenvalue weighted by Gasteiger charge is 2.13. The van der Waals surface area contributed by atoms with Crippen LogP contribution in [0, 0.1) is 11.3 Å². The number of hydrogen-bond donors (Lipinski definition) is 1. The van der Waals surface area contributed by atoms with Crippen LogP contribution >= 0.6 is 0 Å². The van der Waals surface area contributed by atoms with Crippen LogP contribution in [0.15, 0.2) is 24.3 Å². The molecule has 0 atom stereocenters. The molecule has 0 saturated heterocycles. The van der Waals surface area contributed by atoms with E-state index >= 15 is 0 Å². The summed E-state index contributed by atoms with van der Waals surface area (Å²) in [5, 5.41) is 11.3. The largest absolute Gasteiger partial charge is 0.385 e. The third kappa shape index (κ3) is 6.88. The topological polar surface area (TPSA) is 96.3 Å². The summed E-state index contributed by atoms with van der Waals surface area (Å²) in [6.07, 6.45) is 0.339. The molecule has 0 aliphatic carbocycles. The Balaban J connectivity index is 2.41. The molecule has 1 amide bonds. The Morgan fingerprint density at radius 3 is 2.52 bits per heavy atom. The van der Waals surface area contributed by atoms with E-state index in [9.17, 15) is 13.2 Å². The van der Waals surface area contributed by atoms with Gasteiger partial charge in [-0.3, -0.25) is 4.79 Å². The van der Waals surface area contributed by atoms with E-state index in [4.69, 9.17) is 10.00 Å². The van der Waals surface area contributed by atoms with Gasteiger partial charge < -0.3 is 10.1 Å². The molecule has 0 aromatic heterocycles. The van der Waals surface area contributed by atoms with Crippen LogP contribution in [0.2, 0.25) is 0 Å². The van der Waals surface area contributed by atoms with Crippen LogP contribution in [0.4, 0.5) is 5.69 Å². The number of carbonyl (C=O) groups is 1. The SMILES string of the molecule is COCCCS(=O)(=O)CCC(=O)Nc1ccc(C#N)cc1. The van der Waals surface area contributed by atoms with Crippen molar-refractivity contribution < 1.29 is 17.9 Å². The monoisotopic (exact) mass is 310 g/mol. The van der Waals surface area contributed by atoms with Gasteiger partial charge in [-0.1, -0.05) is 0 Å². The number of hydrogen-bond acceptors (Lipinski definition) is 5. The van der Waals surface area contributed by atoms with Crippen molar-refractivity contribution >= 4 is 21.4 Å². The lowest BCUT2D eigenvalue weighted by molar-refractivity contribution is -0.115. The summed E-state index contributed by atoms with van der Waals surface area (Å²) in [4.78, 5) is 11.7. The van der Waals surface area contributed by atoms with E-state index < -0.39 is 9.84 Å². The van der Waals surface area contributed by atoms with Crippen molar-refractivity contribution in [2.45, 2.75) is 12.8 Å². The first-order valence-electron chi connectivity index (χ1n) is 6.46. The molecular formula is C14H18N2O4S. The van der Waals surface area contributed by atoms with Crippen LogP contribution in [0.1, 0.15) is 18.4 Å². The van der Waals surface area contributed by atoms with E-state index in [2.05, 4.69) is 5.32 Å². The van der Waals surface area contributed by atoms with Crippen molar-refractivity contribution in [3.8, 4) is 6.07 Å². The lowest BCUT2D eigenvalue weighted by Crippen LogP contribution is -2.19. The predicted molar refractivity (Wildman–Crippen MR) is 79.6 cm³/mol. The van der Waals surface area contributed by atoms with Gasteiger partial charge in [-0.2, -0.15) is 5.26 Å². The molecule has 0 aliphatic heterocycles. The van der Waals surface area contributed by atoms with Crippen LogP contribution in [0.3, 0.4) is 0 Å². The van der Waals surface area contributed by atoms with E-state index in [1.807, 2.05) is 6.07 Å². The van der Waals surface area contributed by atoms with E-state index in [-0.39, 0.29) is 23.8 Å². The molecule has 6 nitrogen and oxygen atoms in total. The quantitative estimate of drug-likeness (QED) is 0.731. The Morgan fingerprint density at radius 2 is 1.95 bits per heavy atom. The van der Waals surface area contributed by atoms with Crippen molar-refractivity contribution in [2.75, 3.05) is 30.5 Å². The lowest BCUT2D eigenvalue weighted by Gasteiger charge is -2.06. The highest BCUT2D eigenvalue weighted by molar-refractivity contribution is 7.91. The van der Waals surface area contributed by atoms with E-state index in [0.717, 1.165) is 0 Å². The molecule has 1 aromatic carbocycles. The Labute approximate surface area is 124 Å². The molecule has 21 heavy (non-hydrogen) atoms. The molecule has 0 bridgehead atoms. The number of rotatable bonds is 8. The summed E-state index contributed by atoms with van der Waals surface area (Å²) in [7, 11) is -1.72. The second-order valence-electron chi connectivity index (χ2n) is 4.49. The molecule has 0 unspecified atom stereocenters. The first-order chi connectivity index (χ1) is 9.96. The van der Waals surface area contributed by atoms with Crippen molar-refractivity contribution in [1.82, 2.24) is 0 Å². The van der Waals surface area contributed by atoms with Gasteiger partial charge in [0.2, 0.25) is 5.91 Å². The average molecular weight is 310 g/mol. The average Bonchev–Trinajstić information content (AvgIpc) is 2.46. The summed E-state index contributed by atoms with van der Waals surface area (Å²) in [5.74, 6) is -0.529. The molecule has 0 fully saturated rings. The number of nitriles is 1. The van der Waals surface area contributed by atoms with Crippen LogP contribution in [-0.2, 0) is 19.4 Å². The zero-order chi connectivity index (χ0) is 15.7. The minimum Gasteiger partial charge on any atom is -0.385 e. The van der Waals surface area contributed by atoms with E-state index in [0.29, 0.717) is 24.3 Å². The zero-order valence-electron chi connectivity index (χ0n) is 11.8. The third-order valence-corrected chi connectivity index (χ3v) is 4.48. The molecule has 1 N–H and O–H groups in total. The third-order valence-electron chi connectivity index (χ3n) is 2.74. The van der Waals surface area contributed by atoms with Gasteiger partial charge >= 0.3 is 0 Å². The Morgan fingerprint density at radius 1 is 1.29 bits per heavy atom. The standard InChI is InChI=1S/C14H18N2O4S/c1-20-8-2-9-21(18,19)10-7-14(17)16-13-5-3-12(11-15)4-6-13/h3-6H,2,7-10H2,1H3,(H,16,17). The van der Waals surface area contributed by atoms with Crippen LogP contribution < -0.4 is 5.32 Å². The predicted octanol–water partition coefficient (Wildman–Crippen LogP) is 1.34. The number of carbonyl (C=O) groups excluding carboxylic acids is 1. The molecule has 0 aliphatic rings. The highest BCUT2D eigenvalue weighted by Crippen LogP contribution is 2.09. The van der Waals surface area contributed by atoms with Crippen molar-refractivity contribution in [3.63, 3.8) is 0 Å². The van der Waals surface area contributed by atoms with Gasteiger partial charge in [-0.05, 0) is 30.7 Å². The maximum atomic E-state index is 11.7. The number of nitrogens with one attached hydrogen (secondary N) is 1. The minimum atomic E-state index is -3.24. The molecule has 0 spiro atoms. The number of amides is 1. The summed E-state index contributed by atoms with van der Waals surface area (Å²) in [6, 6.07) is 8.34. The Hall–Kier alpha value is -1.91. The molecule has 1 aromatic rings. The molecule has 0 heterocycles. The number of nitrogens with zero attached hydrogens (tertiary/aromatic N) is 1. The van der Waals surface area contributed by atoms with Crippen molar-refractivity contribution in [1.29, 1.82) is 5.26 Å². The molecule has 114 valence electrons. The first-order valence-corrected chi connectivity index (χ1v) is 8.28. The summed E-state index contributed by atoms with van der Waals surface area (Å²) in [6.45, 7) is 0.386. The van der Waals surface area contributed by atoms with Gasteiger partial charge in [0.1, 0.15) is 0 Å². The van der Waals surface area contributed by atoms with Crippen molar-refractivity contribution in [3.05, 3.63) is 29.8 Å². The fraction of sp³-hybridized carbons (Fsp3) is 0.429. The fourth-order valence-corrected chi connectivity index (χ4v) is 2.88. The fourth-order valence-electron chi connectivity index (χ4n) is 1.63. The van der Waals surface area contributed by atoms with Gasteiger partial charge in [0.25, 0.3) is 0 Å². The smallest absolute Gasteiger partial charge is 0.225 e. The minimum absolute atomic E-state index is 0.0188. The zero-order valence-corrected chi connectivity index (χ0v) is 12.6. The second-order valence-corrected chi connectivity index (χ2v) is 6.79. The van der Waals surface area contributed by atoms with Crippen LogP contribution in [-0.4, -0.2) is 39.5 Å². The molecular weight excluding hydrogens is 292 g/mol. The highest BCUT2D eigenvalue weighted by atomic mass is 32.2. The molecule has 0 saturated carbocycles. The summed E-state index contributed by atoms with van der Waals surface area (Å²) in [5.41, 5.74) is 1.03. The number of sulfone groups is 1. The first kappa shape index (κ1) is 17.1. The molecule has 7 heteroatoms.